The molecule has 1 aromatic heterocycles. The molecule has 144 valence electrons. The van der Waals surface area contributed by atoms with Crippen LogP contribution in [0.5, 0.6) is 11.6 Å². The number of aromatic nitrogens is 2. The van der Waals surface area contributed by atoms with Gasteiger partial charge in [-0.2, -0.15) is 0 Å². The summed E-state index contributed by atoms with van der Waals surface area (Å²) in [5.74, 6) is 2.59. The van der Waals surface area contributed by atoms with Gasteiger partial charge in [0, 0.05) is 5.56 Å². The average Bonchev–Trinajstić information content (AvgIpc) is 2.74. The van der Waals surface area contributed by atoms with Crippen molar-refractivity contribution in [1.29, 1.82) is 0 Å². The summed E-state index contributed by atoms with van der Waals surface area (Å²) in [6, 6.07) is 23.1. The van der Waals surface area contributed by atoms with Gasteiger partial charge in [-0.05, 0) is 28.3 Å². The van der Waals surface area contributed by atoms with Gasteiger partial charge in [-0.1, -0.05) is 79.5 Å². The van der Waals surface area contributed by atoms with Crippen molar-refractivity contribution < 1.29 is 9.30 Å². The Bertz CT molecular complexity index is 1200. The molecule has 0 amide bonds. The first-order chi connectivity index (χ1) is 14.1. The van der Waals surface area contributed by atoms with E-state index in [1.165, 1.54) is 16.3 Å². The first-order valence-corrected chi connectivity index (χ1v) is 10.1. The lowest BCUT2D eigenvalue weighted by Gasteiger charge is -2.28. The molecule has 29 heavy (non-hydrogen) atoms. The maximum Gasteiger partial charge on any atom is 0.306 e. The summed E-state index contributed by atoms with van der Waals surface area (Å²) in [5.41, 5.74) is 10.0. The minimum Gasteiger partial charge on any atom is -0.426 e. The van der Waals surface area contributed by atoms with Crippen molar-refractivity contribution in [3.05, 3.63) is 89.7 Å². The molecule has 4 nitrogen and oxygen atoms in total. The Labute approximate surface area is 170 Å². The van der Waals surface area contributed by atoms with Crippen molar-refractivity contribution in [1.82, 2.24) is 4.98 Å². The Morgan fingerprint density at radius 1 is 0.966 bits per heavy atom. The molecule has 2 N–H and O–H groups in total. The molecule has 0 bridgehead atoms. The summed E-state index contributed by atoms with van der Waals surface area (Å²) in [6.07, 6.45) is 1.79. The van der Waals surface area contributed by atoms with E-state index >= 15 is 0 Å². The number of nitrogen functional groups attached to an aromatic ring is 1. The number of rotatable bonds is 3. The van der Waals surface area contributed by atoms with Crippen LogP contribution in [0.3, 0.4) is 0 Å². The molecular weight excluding hydrogens is 358 g/mol. The number of benzene rings is 3. The van der Waals surface area contributed by atoms with Crippen LogP contribution < -0.4 is 15.0 Å². The van der Waals surface area contributed by atoms with Gasteiger partial charge in [0.05, 0.1) is 12.5 Å². The molecule has 0 radical (unpaired) electrons. The average molecular weight is 382 g/mol. The molecule has 2 heterocycles. The largest absolute Gasteiger partial charge is 0.426 e. The highest BCUT2D eigenvalue weighted by Gasteiger charge is 2.37. The third kappa shape index (κ3) is 2.92. The molecule has 0 saturated heterocycles. The maximum absolute atomic E-state index is 6.72. The quantitative estimate of drug-likeness (QED) is 0.445. The third-order valence-electron chi connectivity index (χ3n) is 5.54. The monoisotopic (exact) mass is 382 g/mol. The lowest BCUT2D eigenvalue weighted by molar-refractivity contribution is -0.691. The van der Waals surface area contributed by atoms with Gasteiger partial charge in [0.15, 0.2) is 0 Å². The first kappa shape index (κ1) is 17.7. The number of fused-ring (bicyclic) bond motifs is 4. The van der Waals surface area contributed by atoms with Crippen LogP contribution in [-0.4, -0.2) is 4.98 Å². The van der Waals surface area contributed by atoms with Crippen LogP contribution in [0.2, 0.25) is 0 Å². The maximum atomic E-state index is 6.72. The molecule has 0 spiro atoms. The number of nitrogens with zero attached hydrogens (tertiary/aromatic N) is 2. The van der Waals surface area contributed by atoms with Crippen molar-refractivity contribution in [2.24, 2.45) is 5.92 Å². The number of nitrogens with two attached hydrogens (primary N) is 1. The number of anilines is 1. The van der Waals surface area contributed by atoms with Gasteiger partial charge in [-0.25, -0.2) is 4.57 Å². The zero-order chi connectivity index (χ0) is 20.0. The summed E-state index contributed by atoms with van der Waals surface area (Å²) < 4.78 is 8.31. The molecule has 4 aromatic rings. The van der Waals surface area contributed by atoms with Crippen LogP contribution in [0.25, 0.3) is 10.8 Å². The van der Waals surface area contributed by atoms with E-state index in [1.54, 1.807) is 6.33 Å². The molecule has 0 unspecified atom stereocenters. The fraction of sp³-hybridized carbons (Fsp3) is 0.200. The SMILES string of the molecule is CC(C)C[n+]1cnc2c(c1N)[C@H](c1ccccc1)c1c(ccc3ccccc13)O2. The van der Waals surface area contributed by atoms with Gasteiger partial charge >= 0.3 is 5.88 Å². The molecule has 5 rings (SSSR count). The Balaban J connectivity index is 1.82. The van der Waals surface area contributed by atoms with Crippen LogP contribution in [0, 0.1) is 5.92 Å². The second-order valence-corrected chi connectivity index (χ2v) is 8.04. The summed E-state index contributed by atoms with van der Waals surface area (Å²) >= 11 is 0. The molecule has 1 aliphatic heterocycles. The van der Waals surface area contributed by atoms with Crippen LogP contribution in [0.15, 0.2) is 73.1 Å². The highest BCUT2D eigenvalue weighted by atomic mass is 16.5. The van der Waals surface area contributed by atoms with E-state index in [2.05, 4.69) is 73.4 Å². The van der Waals surface area contributed by atoms with E-state index in [-0.39, 0.29) is 5.92 Å². The van der Waals surface area contributed by atoms with E-state index in [9.17, 15) is 0 Å². The second-order valence-electron chi connectivity index (χ2n) is 8.04. The Kier molecular flexibility index (Phi) is 4.20. The van der Waals surface area contributed by atoms with Crippen molar-refractivity contribution in [3.8, 4) is 11.6 Å². The van der Waals surface area contributed by atoms with Crippen LogP contribution in [0.1, 0.15) is 36.5 Å². The highest BCUT2D eigenvalue weighted by molar-refractivity contribution is 5.90. The van der Waals surface area contributed by atoms with E-state index in [1.807, 2.05) is 16.7 Å². The van der Waals surface area contributed by atoms with Gasteiger partial charge in [-0.3, -0.25) is 0 Å². The molecule has 0 fully saturated rings. The minimum absolute atomic E-state index is 0.0341. The second kappa shape index (κ2) is 6.89. The third-order valence-corrected chi connectivity index (χ3v) is 5.54. The molecule has 3 aromatic carbocycles. The topological polar surface area (TPSA) is 52.0 Å². The summed E-state index contributed by atoms with van der Waals surface area (Å²) in [6.45, 7) is 5.18. The fourth-order valence-electron chi connectivity index (χ4n) is 4.30. The minimum atomic E-state index is -0.0341. The van der Waals surface area contributed by atoms with Gasteiger partial charge in [-0.15, -0.1) is 0 Å². The van der Waals surface area contributed by atoms with E-state index in [0.717, 1.165) is 29.2 Å². The lowest BCUT2D eigenvalue weighted by Crippen LogP contribution is -2.41. The Hall–Kier alpha value is -3.40. The van der Waals surface area contributed by atoms with E-state index in [4.69, 9.17) is 10.5 Å². The van der Waals surface area contributed by atoms with Crippen molar-refractivity contribution in [2.75, 3.05) is 5.73 Å². The van der Waals surface area contributed by atoms with Crippen LogP contribution in [-0.2, 0) is 6.54 Å². The molecule has 4 heteroatoms. The van der Waals surface area contributed by atoms with Gasteiger partial charge in [0.25, 0.3) is 0 Å². The highest BCUT2D eigenvalue weighted by Crippen LogP contribution is 2.50. The van der Waals surface area contributed by atoms with Gasteiger partial charge in [0.2, 0.25) is 12.1 Å². The smallest absolute Gasteiger partial charge is 0.306 e. The normalized spacial score (nSPS) is 15.1. The van der Waals surface area contributed by atoms with E-state index < -0.39 is 0 Å². The van der Waals surface area contributed by atoms with Gasteiger partial charge < -0.3 is 10.5 Å². The number of ether oxygens (including phenoxy) is 1. The number of hydrogen-bond acceptors (Lipinski definition) is 3. The predicted molar refractivity (Wildman–Crippen MR) is 115 cm³/mol. The Morgan fingerprint density at radius 2 is 1.72 bits per heavy atom. The fourth-order valence-corrected chi connectivity index (χ4v) is 4.30. The predicted octanol–water partition coefficient (Wildman–Crippen LogP) is 5.05. The van der Waals surface area contributed by atoms with Gasteiger partial charge in [0.1, 0.15) is 11.3 Å². The van der Waals surface area contributed by atoms with Crippen molar-refractivity contribution in [3.63, 3.8) is 0 Å². The molecule has 1 aliphatic rings. The van der Waals surface area contributed by atoms with Crippen LogP contribution in [0.4, 0.5) is 5.82 Å². The molecule has 1 atom stereocenters. The lowest BCUT2D eigenvalue weighted by atomic mass is 9.81. The standard InChI is InChI=1S/C25H23N3O/c1-16(2)14-28-15-27-25-23(24(28)26)21(18-9-4-3-5-10-18)22-19-11-7-6-8-17(19)12-13-20(22)29-25/h3-13,15-16,21,26H,14H2,1-2H3/p+1/t21-/m1/s1. The van der Waals surface area contributed by atoms with E-state index in [0.29, 0.717) is 11.8 Å². The van der Waals surface area contributed by atoms with Crippen molar-refractivity contribution >= 4 is 16.6 Å². The molecular formula is C25H24N3O+. The molecule has 0 aliphatic carbocycles. The summed E-state index contributed by atoms with van der Waals surface area (Å²) in [5, 5.41) is 2.37. The zero-order valence-electron chi connectivity index (χ0n) is 16.7. The number of hydrogen-bond donors (Lipinski definition) is 1. The van der Waals surface area contributed by atoms with Crippen LogP contribution >= 0.6 is 0 Å². The summed E-state index contributed by atoms with van der Waals surface area (Å²) in [4.78, 5) is 4.65. The zero-order valence-corrected chi connectivity index (χ0v) is 16.7. The molecule has 0 saturated carbocycles. The first-order valence-electron chi connectivity index (χ1n) is 10.1. The summed E-state index contributed by atoms with van der Waals surface area (Å²) in [7, 11) is 0. The Morgan fingerprint density at radius 3 is 2.52 bits per heavy atom. The van der Waals surface area contributed by atoms with Crippen molar-refractivity contribution in [2.45, 2.75) is 26.3 Å².